The first-order valence-corrected chi connectivity index (χ1v) is 9.72. The Morgan fingerprint density at radius 3 is 2.31 bits per heavy atom. The molecule has 0 amide bonds. The molecular weight excluding hydrogens is 350 g/mol. The fraction of sp³-hybridized carbons (Fsp3) is 0.300. The maximum absolute atomic E-state index is 12.5. The third-order valence-electron chi connectivity index (χ3n) is 4.20. The average Bonchev–Trinajstić information content (AvgIpc) is 2.54. The first kappa shape index (κ1) is 19.8. The molecule has 0 aromatic heterocycles. The Labute approximate surface area is 154 Å². The summed E-state index contributed by atoms with van der Waals surface area (Å²) in [5.41, 5.74) is 0.779. The van der Waals surface area contributed by atoms with Crippen molar-refractivity contribution in [1.29, 1.82) is 0 Å². The van der Waals surface area contributed by atoms with E-state index in [1.165, 1.54) is 19.1 Å². The monoisotopic (exact) mass is 371 g/mol. The number of nitrogens with zero attached hydrogens (tertiary/aromatic N) is 1. The Morgan fingerprint density at radius 2 is 1.77 bits per heavy atom. The molecule has 136 valence electrons. The molecule has 0 aliphatic heterocycles. The number of sulfone groups is 1. The number of carbonyl (C=O) groups is 1. The molecule has 0 heterocycles. The number of aliphatic hydroxyl groups is 1. The fourth-order valence-corrected chi connectivity index (χ4v) is 4.23. The van der Waals surface area contributed by atoms with E-state index in [9.17, 15) is 18.3 Å². The Kier molecular flexibility index (Phi) is 5.65. The van der Waals surface area contributed by atoms with E-state index in [2.05, 4.69) is 4.85 Å². The average molecular weight is 371 g/mol. The first-order chi connectivity index (χ1) is 12.0. The second-order valence-corrected chi connectivity index (χ2v) is 8.67. The molecule has 0 aliphatic rings. The largest absolute Gasteiger partial charge is 0.381 e. The summed E-state index contributed by atoms with van der Waals surface area (Å²) in [6, 6.07) is 11.2. The van der Waals surface area contributed by atoms with Crippen LogP contribution in [0.15, 0.2) is 47.4 Å². The van der Waals surface area contributed by atoms with Crippen molar-refractivity contribution in [2.45, 2.75) is 37.7 Å². The van der Waals surface area contributed by atoms with Crippen molar-refractivity contribution >= 4 is 21.3 Å². The molecule has 0 radical (unpaired) electrons. The topological polar surface area (TPSA) is 75.8 Å². The van der Waals surface area contributed by atoms with Crippen LogP contribution in [-0.4, -0.2) is 30.7 Å². The Balaban J connectivity index is 2.18. The standard InChI is InChI=1S/C20H21NO4S/c1-14-5-8-17(9-6-14)26(24,25)13-20(3,23)19(22)12-16-7-10-18(21-4)15(2)11-16/h5-11,23H,12-13H2,1-3H3. The number of rotatable bonds is 6. The van der Waals surface area contributed by atoms with Crippen LogP contribution in [-0.2, 0) is 21.1 Å². The van der Waals surface area contributed by atoms with Crippen LogP contribution < -0.4 is 0 Å². The fourth-order valence-electron chi connectivity index (χ4n) is 2.61. The molecule has 0 bridgehead atoms. The summed E-state index contributed by atoms with van der Waals surface area (Å²) in [7, 11) is -3.80. The molecule has 2 aromatic rings. The van der Waals surface area contributed by atoms with Gasteiger partial charge in [-0.25, -0.2) is 13.3 Å². The van der Waals surface area contributed by atoms with Gasteiger partial charge in [0, 0.05) is 6.42 Å². The van der Waals surface area contributed by atoms with Crippen LogP contribution in [0.1, 0.15) is 23.6 Å². The number of hydrogen-bond donors (Lipinski definition) is 1. The maximum atomic E-state index is 12.5. The van der Waals surface area contributed by atoms with E-state index in [1.807, 2.05) is 6.92 Å². The van der Waals surface area contributed by atoms with E-state index in [0.29, 0.717) is 11.3 Å². The molecule has 26 heavy (non-hydrogen) atoms. The summed E-state index contributed by atoms with van der Waals surface area (Å²) < 4.78 is 25.0. The van der Waals surface area contributed by atoms with Crippen LogP contribution in [0.25, 0.3) is 4.85 Å². The van der Waals surface area contributed by atoms with E-state index in [1.54, 1.807) is 37.3 Å². The highest BCUT2D eigenvalue weighted by Gasteiger charge is 2.36. The van der Waals surface area contributed by atoms with Crippen LogP contribution in [0.5, 0.6) is 0 Å². The number of ketones is 1. The summed E-state index contributed by atoms with van der Waals surface area (Å²) in [5.74, 6) is -1.26. The van der Waals surface area contributed by atoms with E-state index in [4.69, 9.17) is 6.57 Å². The van der Waals surface area contributed by atoms with Crippen LogP contribution in [0.4, 0.5) is 5.69 Å². The molecule has 0 aliphatic carbocycles. The van der Waals surface area contributed by atoms with Gasteiger partial charge in [0.1, 0.15) is 5.60 Å². The smallest absolute Gasteiger partial charge is 0.190 e. The van der Waals surface area contributed by atoms with E-state index in [0.717, 1.165) is 11.1 Å². The summed E-state index contributed by atoms with van der Waals surface area (Å²) in [5, 5.41) is 10.5. The van der Waals surface area contributed by atoms with Gasteiger partial charge in [0.15, 0.2) is 21.3 Å². The minimum absolute atomic E-state index is 0.0772. The van der Waals surface area contributed by atoms with Crippen molar-refractivity contribution in [1.82, 2.24) is 0 Å². The summed E-state index contributed by atoms with van der Waals surface area (Å²) in [6.07, 6.45) is -0.102. The van der Waals surface area contributed by atoms with Crippen molar-refractivity contribution in [3.05, 3.63) is 70.6 Å². The lowest BCUT2D eigenvalue weighted by atomic mass is 9.96. The van der Waals surface area contributed by atoms with Crippen LogP contribution in [0.2, 0.25) is 0 Å². The van der Waals surface area contributed by atoms with Gasteiger partial charge in [-0.05, 0) is 44.0 Å². The molecular formula is C20H21NO4S. The highest BCUT2D eigenvalue weighted by Crippen LogP contribution is 2.23. The predicted octanol–water partition coefficient (Wildman–Crippen LogP) is 3.19. The summed E-state index contributed by atoms with van der Waals surface area (Å²) in [4.78, 5) is 15.9. The Bertz CT molecular complexity index is 968. The van der Waals surface area contributed by atoms with Gasteiger partial charge in [0.25, 0.3) is 0 Å². The molecule has 0 fully saturated rings. The van der Waals surface area contributed by atoms with E-state index >= 15 is 0 Å². The molecule has 0 saturated heterocycles. The zero-order valence-electron chi connectivity index (χ0n) is 15.0. The SMILES string of the molecule is [C-]#[N+]c1ccc(CC(=O)C(C)(O)CS(=O)(=O)c2ccc(C)cc2)cc1C. The number of benzene rings is 2. The van der Waals surface area contributed by atoms with Crippen LogP contribution in [0.3, 0.4) is 0 Å². The molecule has 5 nitrogen and oxygen atoms in total. The minimum atomic E-state index is -3.80. The molecule has 1 N–H and O–H groups in total. The quantitative estimate of drug-likeness (QED) is 0.791. The molecule has 6 heteroatoms. The van der Waals surface area contributed by atoms with Crippen LogP contribution >= 0.6 is 0 Å². The first-order valence-electron chi connectivity index (χ1n) is 8.07. The van der Waals surface area contributed by atoms with Gasteiger partial charge in [-0.1, -0.05) is 35.9 Å². The number of aryl methyl sites for hydroxylation is 2. The van der Waals surface area contributed by atoms with Gasteiger partial charge in [0.2, 0.25) is 0 Å². The van der Waals surface area contributed by atoms with E-state index < -0.39 is 27.0 Å². The lowest BCUT2D eigenvalue weighted by molar-refractivity contribution is -0.133. The third-order valence-corrected chi connectivity index (χ3v) is 6.13. The normalized spacial score (nSPS) is 13.7. The highest BCUT2D eigenvalue weighted by atomic mass is 32.2. The van der Waals surface area contributed by atoms with Crippen molar-refractivity contribution in [2.24, 2.45) is 0 Å². The Hall–Kier alpha value is -2.49. The lowest BCUT2D eigenvalue weighted by Gasteiger charge is -2.22. The molecule has 2 aromatic carbocycles. The van der Waals surface area contributed by atoms with Crippen molar-refractivity contribution in [3.8, 4) is 0 Å². The van der Waals surface area contributed by atoms with Crippen LogP contribution in [0, 0.1) is 20.4 Å². The third kappa shape index (κ3) is 4.57. The Morgan fingerprint density at radius 1 is 1.15 bits per heavy atom. The number of hydrogen-bond acceptors (Lipinski definition) is 4. The maximum Gasteiger partial charge on any atom is 0.190 e. The van der Waals surface area contributed by atoms with Gasteiger partial charge < -0.3 is 5.11 Å². The summed E-state index contributed by atoms with van der Waals surface area (Å²) >= 11 is 0. The van der Waals surface area contributed by atoms with Crippen molar-refractivity contribution < 1.29 is 18.3 Å². The molecule has 1 atom stereocenters. The van der Waals surface area contributed by atoms with Gasteiger partial charge in [-0.2, -0.15) is 0 Å². The zero-order chi connectivity index (χ0) is 19.5. The molecule has 1 unspecified atom stereocenters. The van der Waals surface area contributed by atoms with Gasteiger partial charge in [-0.15, -0.1) is 0 Å². The van der Waals surface area contributed by atoms with E-state index in [-0.39, 0.29) is 11.3 Å². The number of carbonyl (C=O) groups excluding carboxylic acids is 1. The number of Topliss-reactive ketones (excluding diaryl/α,β-unsaturated/α-hetero) is 1. The molecule has 0 saturated carbocycles. The van der Waals surface area contributed by atoms with Gasteiger partial charge in [0.05, 0.1) is 17.2 Å². The zero-order valence-corrected chi connectivity index (χ0v) is 15.8. The van der Waals surface area contributed by atoms with Gasteiger partial charge in [-0.3, -0.25) is 4.79 Å². The second-order valence-electron chi connectivity index (χ2n) is 6.68. The van der Waals surface area contributed by atoms with Crippen molar-refractivity contribution in [3.63, 3.8) is 0 Å². The summed E-state index contributed by atoms with van der Waals surface area (Å²) in [6.45, 7) is 11.9. The highest BCUT2D eigenvalue weighted by molar-refractivity contribution is 7.91. The van der Waals surface area contributed by atoms with Gasteiger partial charge >= 0.3 is 0 Å². The second kappa shape index (κ2) is 7.40. The van der Waals surface area contributed by atoms with Crippen molar-refractivity contribution in [2.75, 3.05) is 5.75 Å². The predicted molar refractivity (Wildman–Crippen MR) is 100 cm³/mol. The lowest BCUT2D eigenvalue weighted by Crippen LogP contribution is -2.43. The molecule has 2 rings (SSSR count). The molecule has 0 spiro atoms. The minimum Gasteiger partial charge on any atom is -0.381 e.